The smallest absolute Gasteiger partial charge is 0.446 e. The maximum Gasteiger partial charge on any atom is 0.446 e. The van der Waals surface area contributed by atoms with Crippen molar-refractivity contribution in [1.82, 2.24) is 5.32 Å². The summed E-state index contributed by atoms with van der Waals surface area (Å²) in [5.74, 6) is -0.713. The maximum absolute atomic E-state index is 10.9. The van der Waals surface area contributed by atoms with Gasteiger partial charge >= 0.3 is 18.2 Å². The molecule has 0 spiro atoms. The van der Waals surface area contributed by atoms with Crippen LogP contribution in [0, 0.1) is 0 Å². The Bertz CT molecular complexity index is 349. The molecule has 0 unspecified atom stereocenters. The summed E-state index contributed by atoms with van der Waals surface area (Å²) in [7, 11) is 0. The fraction of sp³-hybridized carbons (Fsp3) is 0.667. The molecule has 20 heavy (non-hydrogen) atoms. The first-order valence-electron chi connectivity index (χ1n) is 5.20. The van der Waals surface area contributed by atoms with Gasteiger partial charge in [0.25, 0.3) is 0 Å². The SMILES string of the molecule is N[C@@H](CO)C(=O)OC[C@H]1CNC(=O)O1.O=CC(F)(F)F. The molecule has 11 heteroatoms. The van der Waals surface area contributed by atoms with Crippen molar-refractivity contribution in [1.29, 1.82) is 0 Å². The molecule has 0 saturated carbocycles. The van der Waals surface area contributed by atoms with E-state index in [1.54, 1.807) is 0 Å². The summed E-state index contributed by atoms with van der Waals surface area (Å²) in [6, 6.07) is -1.04. The van der Waals surface area contributed by atoms with Gasteiger partial charge in [0.1, 0.15) is 12.6 Å². The molecule has 8 nitrogen and oxygen atoms in total. The van der Waals surface area contributed by atoms with Crippen LogP contribution in [-0.4, -0.2) is 61.5 Å². The Labute approximate surface area is 111 Å². The van der Waals surface area contributed by atoms with Gasteiger partial charge in [-0.1, -0.05) is 0 Å². The topological polar surface area (TPSA) is 128 Å². The van der Waals surface area contributed by atoms with E-state index in [0.717, 1.165) is 0 Å². The number of cyclic esters (lactones) is 1. The zero-order chi connectivity index (χ0) is 15.8. The number of hydrogen-bond donors (Lipinski definition) is 3. The lowest BCUT2D eigenvalue weighted by Crippen LogP contribution is -2.37. The van der Waals surface area contributed by atoms with Crippen LogP contribution in [0.5, 0.6) is 0 Å². The van der Waals surface area contributed by atoms with Crippen molar-refractivity contribution < 1.29 is 42.1 Å². The lowest BCUT2D eigenvalue weighted by Gasteiger charge is -2.11. The molecule has 4 N–H and O–H groups in total. The largest absolute Gasteiger partial charge is 0.460 e. The first-order chi connectivity index (χ1) is 9.19. The van der Waals surface area contributed by atoms with Crippen LogP contribution < -0.4 is 11.1 Å². The van der Waals surface area contributed by atoms with Crippen molar-refractivity contribution >= 4 is 18.3 Å². The number of alkyl carbamates (subject to hydrolysis) is 1. The van der Waals surface area contributed by atoms with Gasteiger partial charge < -0.3 is 25.6 Å². The molecule has 1 heterocycles. The molecule has 1 amide bonds. The third-order valence-electron chi connectivity index (χ3n) is 1.79. The summed E-state index contributed by atoms with van der Waals surface area (Å²) in [5.41, 5.74) is 5.18. The Hall–Kier alpha value is -1.88. The summed E-state index contributed by atoms with van der Waals surface area (Å²) < 4.78 is 40.6. The number of esters is 1. The standard InChI is InChI=1S/C7H12N2O5.C2HF3O/c8-5(2-10)6(11)13-3-4-1-9-7(12)14-4;3-2(4,5)1-6/h4-5,10H,1-3,8H2,(H,9,12);1H/t4-,5+;/m1./s1. The summed E-state index contributed by atoms with van der Waals surface area (Å²) in [4.78, 5) is 30.2. The number of aliphatic hydroxyl groups excluding tert-OH is 1. The Morgan fingerprint density at radius 1 is 1.65 bits per heavy atom. The first-order valence-corrected chi connectivity index (χ1v) is 5.20. The van der Waals surface area contributed by atoms with Crippen molar-refractivity contribution in [3.63, 3.8) is 0 Å². The molecular weight excluding hydrogens is 289 g/mol. The highest BCUT2D eigenvalue weighted by atomic mass is 19.4. The highest BCUT2D eigenvalue weighted by Gasteiger charge is 2.25. The van der Waals surface area contributed by atoms with E-state index in [-0.39, 0.29) is 6.61 Å². The highest BCUT2D eigenvalue weighted by Crippen LogP contribution is 2.08. The number of nitrogens with two attached hydrogens (primary N) is 1. The molecule has 1 aliphatic heterocycles. The number of aliphatic hydroxyl groups is 1. The normalized spacial score (nSPS) is 19.1. The first kappa shape index (κ1) is 18.1. The Morgan fingerprint density at radius 2 is 2.20 bits per heavy atom. The minimum Gasteiger partial charge on any atom is -0.460 e. The summed E-state index contributed by atoms with van der Waals surface area (Å²) in [6.07, 6.45) is -6.71. The van der Waals surface area contributed by atoms with Gasteiger partial charge in [0, 0.05) is 0 Å². The molecule has 0 aromatic carbocycles. The van der Waals surface area contributed by atoms with E-state index < -0.39 is 43.3 Å². The van der Waals surface area contributed by atoms with Gasteiger partial charge in [0.15, 0.2) is 6.10 Å². The monoisotopic (exact) mass is 302 g/mol. The maximum atomic E-state index is 10.9. The van der Waals surface area contributed by atoms with E-state index >= 15 is 0 Å². The van der Waals surface area contributed by atoms with Crippen LogP contribution in [0.3, 0.4) is 0 Å². The Balaban J connectivity index is 0.000000511. The molecule has 1 rings (SSSR count). The highest BCUT2D eigenvalue weighted by molar-refractivity contribution is 5.75. The number of nitrogens with one attached hydrogen (secondary N) is 1. The average Bonchev–Trinajstić information content (AvgIpc) is 2.80. The van der Waals surface area contributed by atoms with Crippen LogP contribution in [0.2, 0.25) is 0 Å². The number of halogens is 3. The Kier molecular flexibility index (Phi) is 7.54. The second-order valence-corrected chi connectivity index (χ2v) is 3.49. The van der Waals surface area contributed by atoms with Gasteiger partial charge in [0.05, 0.1) is 13.2 Å². The second kappa shape index (κ2) is 8.32. The van der Waals surface area contributed by atoms with E-state index in [4.69, 9.17) is 20.4 Å². The van der Waals surface area contributed by atoms with E-state index in [0.29, 0.717) is 6.54 Å². The third-order valence-corrected chi connectivity index (χ3v) is 1.79. The zero-order valence-electron chi connectivity index (χ0n) is 10.1. The minimum absolute atomic E-state index is 0.0503. The Morgan fingerprint density at radius 3 is 2.55 bits per heavy atom. The molecule has 1 fully saturated rings. The predicted molar refractivity (Wildman–Crippen MR) is 56.4 cm³/mol. The summed E-state index contributed by atoms with van der Waals surface area (Å²) >= 11 is 0. The van der Waals surface area contributed by atoms with Crippen molar-refractivity contribution in [3.8, 4) is 0 Å². The van der Waals surface area contributed by atoms with Gasteiger partial charge in [-0.3, -0.25) is 9.59 Å². The fourth-order valence-corrected chi connectivity index (χ4v) is 0.881. The predicted octanol–water partition coefficient (Wildman–Crippen LogP) is -1.29. The summed E-state index contributed by atoms with van der Waals surface area (Å²) in [6.45, 7) is -0.215. The molecule has 0 bridgehead atoms. The van der Waals surface area contributed by atoms with Crippen molar-refractivity contribution in [3.05, 3.63) is 0 Å². The quantitative estimate of drug-likeness (QED) is 0.435. The number of carbonyl (C=O) groups excluding carboxylic acids is 3. The average molecular weight is 302 g/mol. The van der Waals surface area contributed by atoms with Gasteiger partial charge in [-0.2, -0.15) is 13.2 Å². The molecule has 0 aliphatic carbocycles. The number of amides is 1. The number of aldehydes is 1. The van der Waals surface area contributed by atoms with Gasteiger partial charge in [0.2, 0.25) is 6.29 Å². The van der Waals surface area contributed by atoms with Gasteiger partial charge in [-0.25, -0.2) is 4.79 Å². The summed E-state index contributed by atoms with van der Waals surface area (Å²) in [5, 5.41) is 10.9. The van der Waals surface area contributed by atoms with E-state index in [1.165, 1.54) is 0 Å². The van der Waals surface area contributed by atoms with Crippen LogP contribution >= 0.6 is 0 Å². The van der Waals surface area contributed by atoms with E-state index in [9.17, 15) is 22.8 Å². The zero-order valence-corrected chi connectivity index (χ0v) is 10.1. The van der Waals surface area contributed by atoms with Crippen LogP contribution in [0.1, 0.15) is 0 Å². The van der Waals surface area contributed by atoms with Gasteiger partial charge in [-0.15, -0.1) is 0 Å². The van der Waals surface area contributed by atoms with E-state index in [2.05, 4.69) is 10.1 Å². The van der Waals surface area contributed by atoms with E-state index in [1.807, 2.05) is 0 Å². The van der Waals surface area contributed by atoms with Crippen LogP contribution in [-0.2, 0) is 19.1 Å². The van der Waals surface area contributed by atoms with Gasteiger partial charge in [-0.05, 0) is 0 Å². The molecular formula is C9H13F3N2O6. The van der Waals surface area contributed by atoms with Crippen molar-refractivity contribution in [2.45, 2.75) is 18.3 Å². The lowest BCUT2D eigenvalue weighted by atomic mass is 10.3. The van der Waals surface area contributed by atoms with Crippen LogP contribution in [0.25, 0.3) is 0 Å². The second-order valence-electron chi connectivity index (χ2n) is 3.49. The number of ether oxygens (including phenoxy) is 2. The molecule has 116 valence electrons. The molecule has 2 atom stereocenters. The van der Waals surface area contributed by atoms with Crippen LogP contribution in [0.4, 0.5) is 18.0 Å². The van der Waals surface area contributed by atoms with Crippen LogP contribution in [0.15, 0.2) is 0 Å². The number of carbonyl (C=O) groups is 3. The number of rotatable bonds is 4. The van der Waals surface area contributed by atoms with Crippen molar-refractivity contribution in [2.24, 2.45) is 5.73 Å². The fourth-order valence-electron chi connectivity index (χ4n) is 0.881. The third kappa shape index (κ3) is 8.26. The minimum atomic E-state index is -4.64. The number of hydrogen-bond acceptors (Lipinski definition) is 7. The molecule has 0 radical (unpaired) electrons. The lowest BCUT2D eigenvalue weighted by molar-refractivity contribution is -0.156. The number of alkyl halides is 3. The van der Waals surface area contributed by atoms with Crippen molar-refractivity contribution in [2.75, 3.05) is 19.8 Å². The molecule has 1 saturated heterocycles. The molecule has 1 aliphatic rings. The molecule has 0 aromatic rings. The molecule has 0 aromatic heterocycles.